The molecule has 0 aliphatic carbocycles. The zero-order chi connectivity index (χ0) is 20.6. The van der Waals surface area contributed by atoms with Gasteiger partial charge in [0.1, 0.15) is 17.3 Å². The molecule has 5 heteroatoms. The molecular formula is C24H27NO4. The van der Waals surface area contributed by atoms with Crippen molar-refractivity contribution in [2.75, 3.05) is 20.8 Å². The van der Waals surface area contributed by atoms with E-state index < -0.39 is 0 Å². The predicted octanol–water partition coefficient (Wildman–Crippen LogP) is 4.87. The van der Waals surface area contributed by atoms with Crippen LogP contribution < -0.4 is 9.47 Å². The summed E-state index contributed by atoms with van der Waals surface area (Å²) >= 11 is 0. The number of ether oxygens (including phenoxy) is 2. The largest absolute Gasteiger partial charge is 0.497 e. The van der Waals surface area contributed by atoms with Crippen LogP contribution in [0, 0.1) is 0 Å². The van der Waals surface area contributed by atoms with Crippen LogP contribution in [0.25, 0.3) is 0 Å². The van der Waals surface area contributed by atoms with Crippen molar-refractivity contribution in [1.82, 2.24) is 4.90 Å². The molecule has 29 heavy (non-hydrogen) atoms. The molecule has 3 aromatic rings. The number of carbonyl (C=O) groups is 1. The van der Waals surface area contributed by atoms with Gasteiger partial charge in [0.25, 0.3) is 0 Å². The van der Waals surface area contributed by atoms with Crippen molar-refractivity contribution in [2.45, 2.75) is 25.8 Å². The first-order valence-corrected chi connectivity index (χ1v) is 9.67. The van der Waals surface area contributed by atoms with Gasteiger partial charge < -0.3 is 18.8 Å². The van der Waals surface area contributed by atoms with Gasteiger partial charge in [0.2, 0.25) is 5.91 Å². The van der Waals surface area contributed by atoms with Crippen LogP contribution in [0.5, 0.6) is 11.5 Å². The normalized spacial score (nSPS) is 11.7. The fraction of sp³-hybridized carbons (Fsp3) is 0.292. The highest BCUT2D eigenvalue weighted by atomic mass is 16.5. The van der Waals surface area contributed by atoms with Crippen molar-refractivity contribution in [3.63, 3.8) is 0 Å². The van der Waals surface area contributed by atoms with Crippen LogP contribution >= 0.6 is 0 Å². The van der Waals surface area contributed by atoms with E-state index in [2.05, 4.69) is 18.2 Å². The molecule has 0 spiro atoms. The number of hydrogen-bond acceptors (Lipinski definition) is 4. The van der Waals surface area contributed by atoms with Gasteiger partial charge in [-0.05, 0) is 42.3 Å². The number of furan rings is 1. The first kappa shape index (κ1) is 20.5. The number of hydrogen-bond donors (Lipinski definition) is 0. The van der Waals surface area contributed by atoms with Gasteiger partial charge in [-0.25, -0.2) is 0 Å². The fourth-order valence-electron chi connectivity index (χ4n) is 3.52. The Morgan fingerprint density at radius 2 is 1.76 bits per heavy atom. The Hall–Kier alpha value is -3.21. The van der Waals surface area contributed by atoms with Gasteiger partial charge in [0.15, 0.2) is 0 Å². The molecule has 1 atom stereocenters. The van der Waals surface area contributed by atoms with E-state index in [-0.39, 0.29) is 11.8 Å². The van der Waals surface area contributed by atoms with Crippen molar-refractivity contribution in [1.29, 1.82) is 0 Å². The highest BCUT2D eigenvalue weighted by molar-refractivity contribution is 5.73. The molecule has 0 aliphatic heterocycles. The lowest BCUT2D eigenvalue weighted by Gasteiger charge is -2.25. The third-order valence-electron chi connectivity index (χ3n) is 5.09. The SMILES string of the molecule is COc1ccc([C@@H](CCN(Cc2ccco2)C(C)=O)c2ccccc2OC)cc1. The van der Waals surface area contributed by atoms with E-state index in [1.54, 1.807) is 27.4 Å². The third kappa shape index (κ3) is 5.19. The molecule has 1 heterocycles. The van der Waals surface area contributed by atoms with Crippen molar-refractivity contribution < 1.29 is 18.7 Å². The van der Waals surface area contributed by atoms with Gasteiger partial charge in [0.05, 0.1) is 27.0 Å². The summed E-state index contributed by atoms with van der Waals surface area (Å²) in [5.74, 6) is 2.54. The molecule has 5 nitrogen and oxygen atoms in total. The number of para-hydroxylation sites is 1. The third-order valence-corrected chi connectivity index (χ3v) is 5.09. The molecular weight excluding hydrogens is 366 g/mol. The van der Waals surface area contributed by atoms with E-state index in [0.717, 1.165) is 34.8 Å². The van der Waals surface area contributed by atoms with E-state index in [0.29, 0.717) is 13.1 Å². The highest BCUT2D eigenvalue weighted by Gasteiger charge is 2.21. The highest BCUT2D eigenvalue weighted by Crippen LogP contribution is 2.35. The summed E-state index contributed by atoms with van der Waals surface area (Å²) in [6, 6.07) is 19.8. The fourth-order valence-corrected chi connectivity index (χ4v) is 3.52. The second-order valence-electron chi connectivity index (χ2n) is 6.88. The summed E-state index contributed by atoms with van der Waals surface area (Å²) in [5, 5.41) is 0. The molecule has 0 aliphatic rings. The van der Waals surface area contributed by atoms with Gasteiger partial charge in [-0.15, -0.1) is 0 Å². The van der Waals surface area contributed by atoms with Crippen LogP contribution in [0.2, 0.25) is 0 Å². The average Bonchev–Trinajstić information content (AvgIpc) is 3.27. The van der Waals surface area contributed by atoms with Crippen LogP contribution in [0.15, 0.2) is 71.3 Å². The van der Waals surface area contributed by atoms with Crippen molar-refractivity contribution in [2.24, 2.45) is 0 Å². The van der Waals surface area contributed by atoms with E-state index in [9.17, 15) is 4.79 Å². The molecule has 0 saturated heterocycles. The quantitative estimate of drug-likeness (QED) is 0.521. The number of rotatable bonds is 9. The summed E-state index contributed by atoms with van der Waals surface area (Å²) in [6.45, 7) is 2.66. The summed E-state index contributed by atoms with van der Waals surface area (Å²) in [5.41, 5.74) is 2.25. The summed E-state index contributed by atoms with van der Waals surface area (Å²) < 4.78 is 16.3. The van der Waals surface area contributed by atoms with Crippen molar-refractivity contribution in [3.8, 4) is 11.5 Å². The maximum absolute atomic E-state index is 12.2. The molecule has 152 valence electrons. The van der Waals surface area contributed by atoms with Crippen molar-refractivity contribution >= 4 is 5.91 Å². The smallest absolute Gasteiger partial charge is 0.219 e. The zero-order valence-electron chi connectivity index (χ0n) is 17.1. The van der Waals surface area contributed by atoms with Gasteiger partial charge in [-0.3, -0.25) is 4.79 Å². The van der Waals surface area contributed by atoms with Crippen LogP contribution in [0.1, 0.15) is 36.1 Å². The zero-order valence-corrected chi connectivity index (χ0v) is 17.1. The Labute approximate surface area is 171 Å². The summed E-state index contributed by atoms with van der Waals surface area (Å²) in [4.78, 5) is 14.0. The monoisotopic (exact) mass is 393 g/mol. The molecule has 2 aromatic carbocycles. The lowest BCUT2D eigenvalue weighted by molar-refractivity contribution is -0.129. The molecule has 0 radical (unpaired) electrons. The minimum atomic E-state index is 0.0231. The Bertz CT molecular complexity index is 903. The number of benzene rings is 2. The molecule has 0 saturated carbocycles. The van der Waals surface area contributed by atoms with Gasteiger partial charge in [-0.2, -0.15) is 0 Å². The number of carbonyl (C=O) groups excluding carboxylic acids is 1. The number of amides is 1. The minimum absolute atomic E-state index is 0.0231. The molecule has 0 bridgehead atoms. The second-order valence-corrected chi connectivity index (χ2v) is 6.88. The van der Waals surface area contributed by atoms with Crippen molar-refractivity contribution in [3.05, 3.63) is 83.8 Å². The van der Waals surface area contributed by atoms with Crippen LogP contribution in [0.4, 0.5) is 0 Å². The minimum Gasteiger partial charge on any atom is -0.497 e. The Balaban J connectivity index is 1.86. The lowest BCUT2D eigenvalue weighted by Crippen LogP contribution is -2.30. The van der Waals surface area contributed by atoms with Gasteiger partial charge >= 0.3 is 0 Å². The first-order valence-electron chi connectivity index (χ1n) is 9.67. The standard InChI is InChI=1S/C24H27NO4/c1-18(26)25(17-21-7-6-16-29-21)15-14-22(19-10-12-20(27-2)13-11-19)23-8-4-5-9-24(23)28-3/h4-13,16,22H,14-15,17H2,1-3H3/t22-/m1/s1. The molecule has 0 fully saturated rings. The topological polar surface area (TPSA) is 51.9 Å². The molecule has 1 amide bonds. The molecule has 1 aromatic heterocycles. The number of methoxy groups -OCH3 is 2. The lowest BCUT2D eigenvalue weighted by atomic mass is 9.87. The Kier molecular flexibility index (Phi) is 6.95. The van der Waals surface area contributed by atoms with Gasteiger partial charge in [-0.1, -0.05) is 30.3 Å². The first-order chi connectivity index (χ1) is 14.1. The van der Waals surface area contributed by atoms with Gasteiger partial charge in [0, 0.05) is 24.9 Å². The maximum Gasteiger partial charge on any atom is 0.219 e. The Morgan fingerprint density at radius 1 is 1.00 bits per heavy atom. The van der Waals surface area contributed by atoms with Crippen LogP contribution in [0.3, 0.4) is 0 Å². The maximum atomic E-state index is 12.2. The van der Waals surface area contributed by atoms with E-state index in [1.807, 2.05) is 47.4 Å². The summed E-state index contributed by atoms with van der Waals surface area (Å²) in [7, 11) is 3.34. The second kappa shape index (κ2) is 9.82. The van der Waals surface area contributed by atoms with Crippen LogP contribution in [-0.2, 0) is 11.3 Å². The molecule has 0 N–H and O–H groups in total. The molecule has 3 rings (SSSR count). The number of nitrogens with zero attached hydrogens (tertiary/aromatic N) is 1. The Morgan fingerprint density at radius 3 is 2.38 bits per heavy atom. The van der Waals surface area contributed by atoms with E-state index in [4.69, 9.17) is 13.9 Å². The molecule has 0 unspecified atom stereocenters. The average molecular weight is 393 g/mol. The van der Waals surface area contributed by atoms with Crippen LogP contribution in [-0.4, -0.2) is 31.6 Å². The predicted molar refractivity (Wildman–Crippen MR) is 112 cm³/mol. The van der Waals surface area contributed by atoms with E-state index in [1.165, 1.54) is 0 Å². The summed E-state index contributed by atoms with van der Waals surface area (Å²) in [6.07, 6.45) is 2.38. The van der Waals surface area contributed by atoms with E-state index >= 15 is 0 Å².